The second kappa shape index (κ2) is 5.69. The summed E-state index contributed by atoms with van der Waals surface area (Å²) in [5, 5.41) is 2.63. The molecular weight excluding hydrogens is 265 g/mol. The lowest BCUT2D eigenvalue weighted by Crippen LogP contribution is -2.51. The molecule has 0 radical (unpaired) electrons. The first kappa shape index (κ1) is 14.0. The van der Waals surface area contributed by atoms with Gasteiger partial charge in [-0.05, 0) is 18.6 Å². The number of carbonyl (C=O) groups excluding carboxylic acids is 1. The van der Waals surface area contributed by atoms with Gasteiger partial charge in [0.05, 0.1) is 0 Å². The third-order valence-corrected chi connectivity index (χ3v) is 4.78. The summed E-state index contributed by atoms with van der Waals surface area (Å²) >= 11 is 1.74. The zero-order chi connectivity index (χ0) is 13.2. The summed E-state index contributed by atoms with van der Waals surface area (Å²) in [5.74, 6) is 0.748. The molecule has 0 aromatic carbocycles. The summed E-state index contributed by atoms with van der Waals surface area (Å²) in [4.78, 5) is 12.7. The fraction of sp³-hybridized carbons (Fsp3) is 0.909. The van der Waals surface area contributed by atoms with Gasteiger partial charge in [-0.25, -0.2) is 0 Å². The largest absolute Gasteiger partial charge is 0.405 e. The molecule has 0 bridgehead atoms. The van der Waals surface area contributed by atoms with Gasteiger partial charge in [0.15, 0.2) is 0 Å². The quantitative estimate of drug-likeness (QED) is 0.835. The Morgan fingerprint density at radius 1 is 1.44 bits per heavy atom. The molecule has 2 aliphatic heterocycles. The van der Waals surface area contributed by atoms with Crippen molar-refractivity contribution in [2.75, 3.05) is 25.4 Å². The third-order valence-electron chi connectivity index (χ3n) is 3.40. The first-order valence-corrected chi connectivity index (χ1v) is 7.21. The number of hydrogen-bond acceptors (Lipinski definition) is 3. The van der Waals surface area contributed by atoms with Gasteiger partial charge in [0.25, 0.3) is 0 Å². The lowest BCUT2D eigenvalue weighted by molar-refractivity contribution is -0.180. The Kier molecular flexibility index (Phi) is 4.42. The van der Waals surface area contributed by atoms with Crippen LogP contribution in [0.15, 0.2) is 0 Å². The van der Waals surface area contributed by atoms with Gasteiger partial charge in [0.2, 0.25) is 5.91 Å². The topological polar surface area (TPSA) is 32.3 Å². The number of rotatable bonds is 2. The zero-order valence-electron chi connectivity index (χ0n) is 10.0. The molecular formula is C11H17F3N2OS. The van der Waals surface area contributed by atoms with Crippen LogP contribution in [0.1, 0.15) is 19.3 Å². The van der Waals surface area contributed by atoms with E-state index in [0.717, 1.165) is 18.6 Å². The third kappa shape index (κ3) is 3.54. The van der Waals surface area contributed by atoms with Crippen LogP contribution in [-0.4, -0.2) is 53.7 Å². The number of nitrogens with zero attached hydrogens (tertiary/aromatic N) is 1. The van der Waals surface area contributed by atoms with Crippen molar-refractivity contribution < 1.29 is 18.0 Å². The van der Waals surface area contributed by atoms with Crippen LogP contribution in [0.4, 0.5) is 13.2 Å². The molecule has 0 saturated carbocycles. The van der Waals surface area contributed by atoms with Gasteiger partial charge in [-0.15, -0.1) is 0 Å². The molecule has 2 rings (SSSR count). The van der Waals surface area contributed by atoms with Gasteiger partial charge in [-0.3, -0.25) is 9.69 Å². The van der Waals surface area contributed by atoms with Gasteiger partial charge >= 0.3 is 6.18 Å². The molecule has 18 heavy (non-hydrogen) atoms. The van der Waals surface area contributed by atoms with E-state index < -0.39 is 12.2 Å². The summed E-state index contributed by atoms with van der Waals surface area (Å²) in [6.07, 6.45) is -2.06. The maximum Gasteiger partial charge on any atom is 0.405 e. The van der Waals surface area contributed by atoms with Crippen molar-refractivity contribution in [3.8, 4) is 0 Å². The fourth-order valence-corrected chi connectivity index (χ4v) is 3.72. The first-order chi connectivity index (χ1) is 8.47. The normalized spacial score (nSPS) is 31.2. The molecule has 0 aromatic rings. The minimum Gasteiger partial charge on any atom is -0.354 e. The van der Waals surface area contributed by atoms with E-state index in [-0.39, 0.29) is 30.7 Å². The van der Waals surface area contributed by atoms with Crippen LogP contribution in [0.5, 0.6) is 0 Å². The number of thioether (sulfide) groups is 1. The lowest BCUT2D eigenvalue weighted by Gasteiger charge is -2.32. The highest BCUT2D eigenvalue weighted by Gasteiger charge is 2.45. The first-order valence-electron chi connectivity index (χ1n) is 6.16. The van der Waals surface area contributed by atoms with Crippen LogP contribution in [0.3, 0.4) is 0 Å². The summed E-state index contributed by atoms with van der Waals surface area (Å²) < 4.78 is 38.9. The predicted octanol–water partition coefficient (Wildman–Crippen LogP) is 1.63. The number of hydrogen-bond donors (Lipinski definition) is 1. The molecule has 2 heterocycles. The summed E-state index contributed by atoms with van der Waals surface area (Å²) in [6.45, 7) is 0.316. The van der Waals surface area contributed by atoms with Gasteiger partial charge in [-0.2, -0.15) is 24.9 Å². The number of nitrogens with one attached hydrogen (secondary N) is 1. The van der Waals surface area contributed by atoms with Crippen LogP contribution in [-0.2, 0) is 4.79 Å². The van der Waals surface area contributed by atoms with E-state index in [0.29, 0.717) is 6.54 Å². The van der Waals surface area contributed by atoms with E-state index in [4.69, 9.17) is 0 Å². The van der Waals surface area contributed by atoms with Gasteiger partial charge in [0.1, 0.15) is 6.04 Å². The van der Waals surface area contributed by atoms with E-state index in [1.54, 1.807) is 11.8 Å². The van der Waals surface area contributed by atoms with Crippen molar-refractivity contribution in [3.63, 3.8) is 0 Å². The van der Waals surface area contributed by atoms with E-state index in [1.807, 2.05) is 0 Å². The molecule has 0 spiro atoms. The van der Waals surface area contributed by atoms with Crippen molar-refractivity contribution in [1.82, 2.24) is 10.2 Å². The van der Waals surface area contributed by atoms with Crippen molar-refractivity contribution >= 4 is 17.7 Å². The van der Waals surface area contributed by atoms with E-state index in [1.165, 1.54) is 4.90 Å². The highest BCUT2D eigenvalue weighted by Crippen LogP contribution is 2.31. The van der Waals surface area contributed by atoms with Gasteiger partial charge in [0, 0.05) is 31.3 Å². The number of amides is 1. The second-order valence-electron chi connectivity index (χ2n) is 4.74. The number of alkyl halides is 3. The van der Waals surface area contributed by atoms with Crippen LogP contribution in [0.2, 0.25) is 0 Å². The standard InChI is InChI=1S/C11H17F3N2OS/c12-11(13,14)9-6-15-10(17)3-4-16(9)7-8-2-1-5-18-8/h8-9H,1-7H2,(H,15,17). The van der Waals surface area contributed by atoms with Crippen LogP contribution < -0.4 is 5.32 Å². The molecule has 2 atom stereocenters. The van der Waals surface area contributed by atoms with E-state index >= 15 is 0 Å². The molecule has 2 saturated heterocycles. The molecule has 7 heteroatoms. The lowest BCUT2D eigenvalue weighted by atomic mass is 10.2. The zero-order valence-corrected chi connectivity index (χ0v) is 10.8. The molecule has 2 aliphatic rings. The highest BCUT2D eigenvalue weighted by molar-refractivity contribution is 8.00. The van der Waals surface area contributed by atoms with E-state index in [2.05, 4.69) is 5.32 Å². The molecule has 0 aliphatic carbocycles. The molecule has 104 valence electrons. The monoisotopic (exact) mass is 282 g/mol. The van der Waals surface area contributed by atoms with E-state index in [9.17, 15) is 18.0 Å². The van der Waals surface area contributed by atoms with Crippen LogP contribution in [0, 0.1) is 0 Å². The Balaban J connectivity index is 2.03. The van der Waals surface area contributed by atoms with Crippen LogP contribution >= 0.6 is 11.8 Å². The summed E-state index contributed by atoms with van der Waals surface area (Å²) in [5.41, 5.74) is 0. The smallest absolute Gasteiger partial charge is 0.354 e. The van der Waals surface area contributed by atoms with Crippen molar-refractivity contribution in [1.29, 1.82) is 0 Å². The Morgan fingerprint density at radius 3 is 2.83 bits per heavy atom. The van der Waals surface area contributed by atoms with Gasteiger partial charge in [-0.1, -0.05) is 0 Å². The Bertz CT molecular complexity index is 305. The van der Waals surface area contributed by atoms with Crippen molar-refractivity contribution in [2.45, 2.75) is 36.7 Å². The maximum atomic E-state index is 13.0. The van der Waals surface area contributed by atoms with Crippen molar-refractivity contribution in [3.05, 3.63) is 0 Å². The average molecular weight is 282 g/mol. The predicted molar refractivity (Wildman–Crippen MR) is 64.5 cm³/mol. The van der Waals surface area contributed by atoms with Gasteiger partial charge < -0.3 is 5.32 Å². The number of halogens is 3. The summed E-state index contributed by atoms with van der Waals surface area (Å²) in [7, 11) is 0. The SMILES string of the molecule is O=C1CCN(CC2CCCS2)C(C(F)(F)F)CN1. The molecule has 2 unspecified atom stereocenters. The Hall–Kier alpha value is -0.430. The minimum atomic E-state index is -4.28. The second-order valence-corrected chi connectivity index (χ2v) is 6.15. The molecule has 0 aromatic heterocycles. The minimum absolute atomic E-state index is 0.157. The Labute approximate surface area is 108 Å². The number of carbonyl (C=O) groups is 1. The molecule has 1 N–H and O–H groups in total. The maximum absolute atomic E-state index is 13.0. The van der Waals surface area contributed by atoms with Crippen molar-refractivity contribution in [2.24, 2.45) is 0 Å². The average Bonchev–Trinajstić information content (AvgIpc) is 2.69. The Morgan fingerprint density at radius 2 is 2.22 bits per heavy atom. The highest BCUT2D eigenvalue weighted by atomic mass is 32.2. The molecule has 1 amide bonds. The molecule has 2 fully saturated rings. The molecule has 3 nitrogen and oxygen atoms in total. The summed E-state index contributed by atoms with van der Waals surface area (Å²) in [6, 6.07) is -1.54. The fourth-order valence-electron chi connectivity index (χ4n) is 2.42. The van der Waals surface area contributed by atoms with Crippen LogP contribution in [0.25, 0.3) is 0 Å².